The molecule has 98 valence electrons. The van der Waals surface area contributed by atoms with E-state index in [0.717, 1.165) is 5.56 Å². The first-order valence-electron chi connectivity index (χ1n) is 6.08. The number of benzene rings is 1. The van der Waals surface area contributed by atoms with Crippen LogP contribution < -0.4 is 5.73 Å². The Morgan fingerprint density at radius 2 is 1.94 bits per heavy atom. The van der Waals surface area contributed by atoms with E-state index in [-0.39, 0.29) is 5.97 Å². The molecule has 0 aliphatic carbocycles. The largest absolute Gasteiger partial charge is 0.459 e. The van der Waals surface area contributed by atoms with Crippen LogP contribution in [0.1, 0.15) is 32.8 Å². The van der Waals surface area contributed by atoms with Gasteiger partial charge in [-0.3, -0.25) is 4.79 Å². The van der Waals surface area contributed by atoms with Gasteiger partial charge in [0.05, 0.1) is 0 Å². The van der Waals surface area contributed by atoms with Crippen LogP contribution in [0.2, 0.25) is 0 Å². The molecule has 0 fully saturated rings. The number of ether oxygens (including phenoxy) is 1. The SMILES string of the molecule is CC(C)(C)OC(=O)[C@H](N)CC=Cc1ccccc1. The van der Waals surface area contributed by atoms with E-state index in [1.54, 1.807) is 0 Å². The first-order chi connectivity index (χ1) is 8.38. The number of carbonyl (C=O) groups is 1. The maximum absolute atomic E-state index is 11.6. The molecule has 1 rings (SSSR count). The zero-order valence-electron chi connectivity index (χ0n) is 11.2. The van der Waals surface area contributed by atoms with Gasteiger partial charge in [-0.15, -0.1) is 0 Å². The number of esters is 1. The number of hydrogen-bond acceptors (Lipinski definition) is 3. The number of rotatable bonds is 4. The van der Waals surface area contributed by atoms with E-state index in [1.165, 1.54) is 0 Å². The summed E-state index contributed by atoms with van der Waals surface area (Å²) < 4.78 is 5.20. The van der Waals surface area contributed by atoms with Gasteiger partial charge in [0, 0.05) is 0 Å². The summed E-state index contributed by atoms with van der Waals surface area (Å²) >= 11 is 0. The van der Waals surface area contributed by atoms with E-state index in [2.05, 4.69) is 0 Å². The van der Waals surface area contributed by atoms with Crippen molar-refractivity contribution in [2.75, 3.05) is 0 Å². The Bertz CT molecular complexity index is 404. The van der Waals surface area contributed by atoms with Crippen molar-refractivity contribution in [3.8, 4) is 0 Å². The molecule has 3 nitrogen and oxygen atoms in total. The van der Waals surface area contributed by atoms with Gasteiger partial charge in [0.1, 0.15) is 11.6 Å². The highest BCUT2D eigenvalue weighted by atomic mass is 16.6. The van der Waals surface area contributed by atoms with E-state index in [1.807, 2.05) is 63.3 Å². The van der Waals surface area contributed by atoms with Crippen molar-refractivity contribution in [3.63, 3.8) is 0 Å². The van der Waals surface area contributed by atoms with E-state index in [9.17, 15) is 4.79 Å². The van der Waals surface area contributed by atoms with Crippen LogP contribution >= 0.6 is 0 Å². The maximum atomic E-state index is 11.6. The van der Waals surface area contributed by atoms with Crippen LogP contribution in [-0.4, -0.2) is 17.6 Å². The first-order valence-corrected chi connectivity index (χ1v) is 6.08. The van der Waals surface area contributed by atoms with E-state index < -0.39 is 11.6 Å². The van der Waals surface area contributed by atoms with Gasteiger partial charge in [0.2, 0.25) is 0 Å². The Kier molecular flexibility index (Phi) is 5.10. The van der Waals surface area contributed by atoms with Crippen molar-refractivity contribution >= 4 is 12.0 Å². The average molecular weight is 247 g/mol. The maximum Gasteiger partial charge on any atom is 0.323 e. The van der Waals surface area contributed by atoms with Crippen LogP contribution in [0, 0.1) is 0 Å². The van der Waals surface area contributed by atoms with Gasteiger partial charge in [-0.2, -0.15) is 0 Å². The minimum Gasteiger partial charge on any atom is -0.459 e. The molecule has 0 aromatic heterocycles. The highest BCUT2D eigenvalue weighted by Crippen LogP contribution is 2.09. The van der Waals surface area contributed by atoms with Crippen LogP contribution in [0.5, 0.6) is 0 Å². The zero-order chi connectivity index (χ0) is 13.6. The van der Waals surface area contributed by atoms with E-state index in [4.69, 9.17) is 10.5 Å². The lowest BCUT2D eigenvalue weighted by Crippen LogP contribution is -2.36. The summed E-state index contributed by atoms with van der Waals surface area (Å²) in [5.41, 5.74) is 6.37. The van der Waals surface area contributed by atoms with Crippen molar-refractivity contribution in [2.24, 2.45) is 5.73 Å². The van der Waals surface area contributed by atoms with Crippen molar-refractivity contribution in [2.45, 2.75) is 38.8 Å². The lowest BCUT2D eigenvalue weighted by molar-refractivity contribution is -0.156. The molecule has 0 saturated carbocycles. The Hall–Kier alpha value is -1.61. The highest BCUT2D eigenvalue weighted by molar-refractivity contribution is 5.76. The summed E-state index contributed by atoms with van der Waals surface area (Å²) in [4.78, 5) is 11.6. The van der Waals surface area contributed by atoms with Gasteiger partial charge >= 0.3 is 5.97 Å². The fraction of sp³-hybridized carbons (Fsp3) is 0.400. The summed E-state index contributed by atoms with van der Waals surface area (Å²) in [6.07, 6.45) is 4.32. The molecule has 0 spiro atoms. The normalized spacial score (nSPS) is 13.6. The fourth-order valence-corrected chi connectivity index (χ4v) is 1.39. The molecule has 0 bridgehead atoms. The third-order valence-electron chi connectivity index (χ3n) is 2.21. The summed E-state index contributed by atoms with van der Waals surface area (Å²) in [7, 11) is 0. The zero-order valence-corrected chi connectivity index (χ0v) is 11.2. The van der Waals surface area contributed by atoms with Crippen molar-refractivity contribution < 1.29 is 9.53 Å². The summed E-state index contributed by atoms with van der Waals surface area (Å²) in [6, 6.07) is 9.28. The predicted molar refractivity (Wildman–Crippen MR) is 73.9 cm³/mol. The topological polar surface area (TPSA) is 52.3 Å². The number of carbonyl (C=O) groups excluding carboxylic acids is 1. The van der Waals surface area contributed by atoms with Gasteiger partial charge in [0.15, 0.2) is 0 Å². The average Bonchev–Trinajstić information content (AvgIpc) is 2.28. The second kappa shape index (κ2) is 6.36. The molecule has 1 aromatic rings. The predicted octanol–water partition coefficient (Wildman–Crippen LogP) is 2.76. The van der Waals surface area contributed by atoms with Gasteiger partial charge < -0.3 is 10.5 Å². The van der Waals surface area contributed by atoms with Gasteiger partial charge in [-0.25, -0.2) is 0 Å². The summed E-state index contributed by atoms with van der Waals surface area (Å²) in [5.74, 6) is -0.361. The molecule has 0 aliphatic rings. The van der Waals surface area contributed by atoms with Crippen LogP contribution in [0.25, 0.3) is 6.08 Å². The molecule has 0 heterocycles. The summed E-state index contributed by atoms with van der Waals surface area (Å²) in [5, 5.41) is 0. The molecule has 18 heavy (non-hydrogen) atoms. The van der Waals surface area contributed by atoms with E-state index >= 15 is 0 Å². The van der Waals surface area contributed by atoms with Crippen LogP contribution in [-0.2, 0) is 9.53 Å². The van der Waals surface area contributed by atoms with Crippen molar-refractivity contribution in [3.05, 3.63) is 42.0 Å². The summed E-state index contributed by atoms with van der Waals surface area (Å²) in [6.45, 7) is 5.49. The lowest BCUT2D eigenvalue weighted by atomic mass is 10.1. The Labute approximate surface area is 109 Å². The van der Waals surface area contributed by atoms with Crippen LogP contribution in [0.15, 0.2) is 36.4 Å². The quantitative estimate of drug-likeness (QED) is 0.832. The minimum atomic E-state index is -0.607. The van der Waals surface area contributed by atoms with Gasteiger partial charge in [0.25, 0.3) is 0 Å². The molecule has 3 heteroatoms. The molecule has 0 radical (unpaired) electrons. The lowest BCUT2D eigenvalue weighted by Gasteiger charge is -2.21. The van der Waals surface area contributed by atoms with Crippen LogP contribution in [0.4, 0.5) is 0 Å². The second-order valence-corrected chi connectivity index (χ2v) is 5.19. The molecule has 0 aliphatic heterocycles. The standard InChI is InChI=1S/C15H21NO2/c1-15(2,3)18-14(17)13(16)11-7-10-12-8-5-4-6-9-12/h4-10,13H,11,16H2,1-3H3/t13-/m1/s1. The molecule has 2 N–H and O–H groups in total. The smallest absolute Gasteiger partial charge is 0.323 e. The fourth-order valence-electron chi connectivity index (χ4n) is 1.39. The molecule has 1 aromatic carbocycles. The van der Waals surface area contributed by atoms with Crippen LogP contribution in [0.3, 0.4) is 0 Å². The molecule has 0 unspecified atom stereocenters. The van der Waals surface area contributed by atoms with Crippen molar-refractivity contribution in [1.29, 1.82) is 0 Å². The van der Waals surface area contributed by atoms with Crippen molar-refractivity contribution in [1.82, 2.24) is 0 Å². The minimum absolute atomic E-state index is 0.361. The Balaban J connectivity index is 2.44. The first kappa shape index (κ1) is 14.5. The van der Waals surface area contributed by atoms with E-state index in [0.29, 0.717) is 6.42 Å². The van der Waals surface area contributed by atoms with Gasteiger partial charge in [-0.1, -0.05) is 42.5 Å². The van der Waals surface area contributed by atoms with Gasteiger partial charge in [-0.05, 0) is 32.8 Å². The Morgan fingerprint density at radius 3 is 2.50 bits per heavy atom. The third-order valence-corrected chi connectivity index (χ3v) is 2.21. The monoisotopic (exact) mass is 247 g/mol. The molecular weight excluding hydrogens is 226 g/mol. The molecule has 0 saturated heterocycles. The molecule has 1 atom stereocenters. The highest BCUT2D eigenvalue weighted by Gasteiger charge is 2.20. The number of nitrogens with two attached hydrogens (primary N) is 1. The number of hydrogen-bond donors (Lipinski definition) is 1. The molecule has 0 amide bonds. The third kappa shape index (κ3) is 5.64. The second-order valence-electron chi connectivity index (χ2n) is 5.19. The Morgan fingerprint density at radius 1 is 1.33 bits per heavy atom. The molecular formula is C15H21NO2.